The number of nitrogens with one attached hydrogen (secondary N) is 1. The van der Waals surface area contributed by atoms with Crippen molar-refractivity contribution in [3.05, 3.63) is 83.6 Å². The van der Waals surface area contributed by atoms with Crippen molar-refractivity contribution in [3.63, 3.8) is 0 Å². The summed E-state index contributed by atoms with van der Waals surface area (Å²) in [5, 5.41) is 5.56. The molecule has 9 heteroatoms. The summed E-state index contributed by atoms with van der Waals surface area (Å²) in [5.41, 5.74) is 2.62. The summed E-state index contributed by atoms with van der Waals surface area (Å²) in [6, 6.07) is 9.52. The summed E-state index contributed by atoms with van der Waals surface area (Å²) < 4.78 is 1.92. The first-order valence-electron chi connectivity index (χ1n) is 10.1. The number of hydrogen-bond donors (Lipinski definition) is 1. The Labute approximate surface area is 183 Å². The first-order chi connectivity index (χ1) is 15.3. The van der Waals surface area contributed by atoms with Gasteiger partial charge in [0.2, 0.25) is 5.95 Å². The maximum absolute atomic E-state index is 12.9. The van der Waals surface area contributed by atoms with Crippen molar-refractivity contribution in [2.24, 2.45) is 0 Å². The molecular formula is C22H21N7OS. The highest BCUT2D eigenvalue weighted by Crippen LogP contribution is 2.35. The summed E-state index contributed by atoms with van der Waals surface area (Å²) in [5.74, 6) is 0.548. The van der Waals surface area contributed by atoms with Gasteiger partial charge in [0.1, 0.15) is 5.69 Å². The molecule has 156 valence electrons. The zero-order valence-corrected chi connectivity index (χ0v) is 17.6. The molecule has 8 nitrogen and oxygen atoms in total. The highest BCUT2D eigenvalue weighted by atomic mass is 32.1. The van der Waals surface area contributed by atoms with Crippen LogP contribution in [0.1, 0.15) is 40.6 Å². The Hall–Kier alpha value is -3.59. The number of amides is 1. The molecule has 1 aliphatic rings. The van der Waals surface area contributed by atoms with E-state index in [1.807, 2.05) is 46.5 Å². The van der Waals surface area contributed by atoms with Gasteiger partial charge in [0.05, 0.1) is 11.7 Å². The Kier molecular flexibility index (Phi) is 5.40. The summed E-state index contributed by atoms with van der Waals surface area (Å²) in [4.78, 5) is 32.6. The minimum atomic E-state index is -0.172. The highest BCUT2D eigenvalue weighted by Gasteiger charge is 2.30. The predicted octanol–water partition coefficient (Wildman–Crippen LogP) is 3.77. The molecule has 0 saturated carbocycles. The molecule has 0 radical (unpaired) electrons. The maximum Gasteiger partial charge on any atom is 0.274 e. The van der Waals surface area contributed by atoms with E-state index in [1.165, 1.54) is 11.3 Å². The van der Waals surface area contributed by atoms with Crippen molar-refractivity contribution >= 4 is 28.3 Å². The quantitative estimate of drug-likeness (QED) is 0.500. The summed E-state index contributed by atoms with van der Waals surface area (Å²) in [6.45, 7) is 1.51. The number of thiazole rings is 1. The molecule has 1 aliphatic heterocycles. The van der Waals surface area contributed by atoms with Gasteiger partial charge in [-0.2, -0.15) is 0 Å². The number of carbonyl (C=O) groups excluding carboxylic acids is 1. The standard InChI is InChI=1S/C22H21N7OS/c30-20(19-5-1-12-28(19)14-16-6-10-23-11-7-16)27-22-26-17(15-31-22)18-4-2-13-29(18)21-24-8-3-9-25-21/h1,3,5-12,15,18H,2,4,13-14H2,(H,26,27,30)/t18-/m1/s1. The average molecular weight is 432 g/mol. The van der Waals surface area contributed by atoms with Crippen molar-refractivity contribution in [2.45, 2.75) is 25.4 Å². The van der Waals surface area contributed by atoms with Crippen molar-refractivity contribution < 1.29 is 4.79 Å². The lowest BCUT2D eigenvalue weighted by Gasteiger charge is -2.22. The second-order valence-electron chi connectivity index (χ2n) is 7.31. The molecule has 5 heterocycles. The molecule has 31 heavy (non-hydrogen) atoms. The van der Waals surface area contributed by atoms with Crippen molar-refractivity contribution in [3.8, 4) is 0 Å². The lowest BCUT2D eigenvalue weighted by Crippen LogP contribution is -2.24. The van der Waals surface area contributed by atoms with E-state index < -0.39 is 0 Å². The first-order valence-corrected chi connectivity index (χ1v) is 11.0. The summed E-state index contributed by atoms with van der Waals surface area (Å²) >= 11 is 1.44. The van der Waals surface area contributed by atoms with Gasteiger partial charge in [-0.05, 0) is 48.7 Å². The molecule has 1 saturated heterocycles. The van der Waals surface area contributed by atoms with Crippen molar-refractivity contribution in [2.75, 3.05) is 16.8 Å². The van der Waals surface area contributed by atoms with Crippen LogP contribution in [0.3, 0.4) is 0 Å². The van der Waals surface area contributed by atoms with Crippen LogP contribution in [0.15, 0.2) is 66.7 Å². The monoisotopic (exact) mass is 431 g/mol. The Morgan fingerprint density at radius 2 is 1.97 bits per heavy atom. The molecule has 0 aromatic carbocycles. The number of hydrogen-bond acceptors (Lipinski definition) is 7. The zero-order valence-electron chi connectivity index (χ0n) is 16.8. The van der Waals surface area contributed by atoms with Crippen LogP contribution >= 0.6 is 11.3 Å². The van der Waals surface area contributed by atoms with Crippen LogP contribution in [0.5, 0.6) is 0 Å². The van der Waals surface area contributed by atoms with E-state index in [0.29, 0.717) is 17.4 Å². The molecule has 0 bridgehead atoms. The molecule has 0 aliphatic carbocycles. The van der Waals surface area contributed by atoms with Gasteiger partial charge in [0.15, 0.2) is 5.13 Å². The van der Waals surface area contributed by atoms with Crippen molar-refractivity contribution in [1.82, 2.24) is 24.5 Å². The number of pyridine rings is 1. The first kappa shape index (κ1) is 19.4. The summed E-state index contributed by atoms with van der Waals surface area (Å²) in [7, 11) is 0. The zero-order chi connectivity index (χ0) is 21.0. The average Bonchev–Trinajstić information content (AvgIpc) is 3.56. The van der Waals surface area contributed by atoms with E-state index in [2.05, 4.69) is 25.2 Å². The SMILES string of the molecule is O=C(Nc1nc([C@H]2CCCN2c2ncccn2)cs1)c1cccn1Cc1ccncc1. The van der Waals surface area contributed by atoms with Crippen LogP contribution < -0.4 is 10.2 Å². The van der Waals surface area contributed by atoms with E-state index in [4.69, 9.17) is 4.98 Å². The molecule has 1 N–H and O–H groups in total. The molecule has 1 amide bonds. The molecule has 1 atom stereocenters. The topological polar surface area (TPSA) is 88.8 Å². The fourth-order valence-corrected chi connectivity index (χ4v) is 4.61. The minimum absolute atomic E-state index is 0.125. The van der Waals surface area contributed by atoms with Crippen LogP contribution in [-0.4, -0.2) is 37.0 Å². The van der Waals surface area contributed by atoms with Crippen LogP contribution in [0.4, 0.5) is 11.1 Å². The third kappa shape index (κ3) is 4.17. The van der Waals surface area contributed by atoms with E-state index >= 15 is 0 Å². The van der Waals surface area contributed by atoms with Gasteiger partial charge in [-0.3, -0.25) is 15.1 Å². The molecular weight excluding hydrogens is 410 g/mol. The van der Waals surface area contributed by atoms with E-state index in [9.17, 15) is 4.79 Å². The Morgan fingerprint density at radius 3 is 2.81 bits per heavy atom. The fourth-order valence-electron chi connectivity index (χ4n) is 3.85. The third-order valence-corrected chi connectivity index (χ3v) is 6.09. The number of anilines is 2. The van der Waals surface area contributed by atoms with Crippen LogP contribution in [0.25, 0.3) is 0 Å². The van der Waals surface area contributed by atoms with Crippen LogP contribution in [0.2, 0.25) is 0 Å². The van der Waals surface area contributed by atoms with Gasteiger partial charge in [0.25, 0.3) is 5.91 Å². The van der Waals surface area contributed by atoms with Crippen molar-refractivity contribution in [1.29, 1.82) is 0 Å². The fraction of sp³-hybridized carbons (Fsp3) is 0.227. The van der Waals surface area contributed by atoms with E-state index in [1.54, 1.807) is 24.8 Å². The maximum atomic E-state index is 12.9. The van der Waals surface area contributed by atoms with Crippen LogP contribution in [0, 0.1) is 0 Å². The lowest BCUT2D eigenvalue weighted by molar-refractivity contribution is 0.101. The number of rotatable bonds is 6. The molecule has 1 fully saturated rings. The molecule has 5 rings (SSSR count). The number of carbonyl (C=O) groups is 1. The number of nitrogens with zero attached hydrogens (tertiary/aromatic N) is 6. The second-order valence-corrected chi connectivity index (χ2v) is 8.17. The number of aromatic nitrogens is 5. The van der Waals surface area contributed by atoms with E-state index in [-0.39, 0.29) is 11.9 Å². The lowest BCUT2D eigenvalue weighted by atomic mass is 10.2. The Bertz CT molecular complexity index is 1160. The Balaban J connectivity index is 1.29. The van der Waals surface area contributed by atoms with Gasteiger partial charge in [-0.1, -0.05) is 0 Å². The second kappa shape index (κ2) is 8.65. The third-order valence-electron chi connectivity index (χ3n) is 5.31. The normalized spacial score (nSPS) is 15.9. The molecule has 4 aromatic rings. The summed E-state index contributed by atoms with van der Waals surface area (Å²) in [6.07, 6.45) is 11.0. The van der Waals surface area contributed by atoms with Crippen LogP contribution in [-0.2, 0) is 6.54 Å². The van der Waals surface area contributed by atoms with Gasteiger partial charge in [0, 0.05) is 49.5 Å². The molecule has 4 aromatic heterocycles. The Morgan fingerprint density at radius 1 is 1.13 bits per heavy atom. The highest BCUT2D eigenvalue weighted by molar-refractivity contribution is 7.14. The molecule has 0 unspecified atom stereocenters. The van der Waals surface area contributed by atoms with Gasteiger partial charge >= 0.3 is 0 Å². The predicted molar refractivity (Wildman–Crippen MR) is 119 cm³/mol. The van der Waals surface area contributed by atoms with E-state index in [0.717, 1.165) is 36.6 Å². The van der Waals surface area contributed by atoms with Gasteiger partial charge in [-0.15, -0.1) is 11.3 Å². The van der Waals surface area contributed by atoms with Gasteiger partial charge in [-0.25, -0.2) is 15.0 Å². The molecule has 0 spiro atoms. The van der Waals surface area contributed by atoms with Gasteiger partial charge < -0.3 is 9.47 Å². The minimum Gasteiger partial charge on any atom is -0.339 e. The largest absolute Gasteiger partial charge is 0.339 e. The smallest absolute Gasteiger partial charge is 0.274 e.